The van der Waals surface area contributed by atoms with Gasteiger partial charge >= 0.3 is 0 Å². The lowest BCUT2D eigenvalue weighted by Crippen LogP contribution is -2.36. The fraction of sp³-hybridized carbons (Fsp3) is 0.278. The Morgan fingerprint density at radius 1 is 1.17 bits per heavy atom. The molecule has 0 radical (unpaired) electrons. The highest BCUT2D eigenvalue weighted by Crippen LogP contribution is 2.24. The first-order valence-electron chi connectivity index (χ1n) is 7.52. The number of nitrogens with one attached hydrogen (secondary N) is 1. The van der Waals surface area contributed by atoms with Gasteiger partial charge in [0.1, 0.15) is 0 Å². The molecule has 0 aromatic heterocycles. The summed E-state index contributed by atoms with van der Waals surface area (Å²) in [5, 5.41) is 3.55. The highest BCUT2D eigenvalue weighted by Gasteiger charge is 2.14. The van der Waals surface area contributed by atoms with E-state index in [4.69, 9.17) is 11.6 Å². The number of amides is 1. The molecule has 0 saturated heterocycles. The molecule has 2 aromatic rings. The van der Waals surface area contributed by atoms with E-state index in [1.54, 1.807) is 0 Å². The quantitative estimate of drug-likeness (QED) is 0.765. The average molecular weight is 349 g/mol. The van der Waals surface area contributed by atoms with Gasteiger partial charge in [0.15, 0.2) is 0 Å². The van der Waals surface area contributed by atoms with E-state index in [1.165, 1.54) is 11.8 Å². The molecule has 2 aromatic carbocycles. The van der Waals surface area contributed by atoms with Crippen LogP contribution in [0.2, 0.25) is 5.02 Å². The molecule has 0 unspecified atom stereocenters. The van der Waals surface area contributed by atoms with Gasteiger partial charge in [0.05, 0.1) is 5.25 Å². The fourth-order valence-corrected chi connectivity index (χ4v) is 3.09. The van der Waals surface area contributed by atoms with E-state index in [0.29, 0.717) is 11.6 Å². The second kappa shape index (κ2) is 8.85. The molecule has 0 saturated carbocycles. The predicted molar refractivity (Wildman–Crippen MR) is 99.5 cm³/mol. The second-order valence-electron chi connectivity index (χ2n) is 5.26. The van der Waals surface area contributed by atoms with Crippen LogP contribution in [0, 0.1) is 0 Å². The lowest BCUT2D eigenvalue weighted by molar-refractivity contribution is -0.120. The molecule has 2 rings (SSSR count). The maximum atomic E-state index is 12.2. The number of likely N-dealkylation sites (N-methyl/N-ethyl adjacent to an activating group) is 1. The fourth-order valence-electron chi connectivity index (χ4n) is 2.07. The first kappa shape index (κ1) is 17.7. The molecule has 0 aliphatic heterocycles. The number of benzene rings is 2. The van der Waals surface area contributed by atoms with E-state index in [2.05, 4.69) is 22.3 Å². The molecular formula is C18H21ClN2OS. The van der Waals surface area contributed by atoms with E-state index in [9.17, 15) is 4.79 Å². The molecule has 5 heteroatoms. The van der Waals surface area contributed by atoms with Gasteiger partial charge < -0.3 is 10.2 Å². The third-order valence-electron chi connectivity index (χ3n) is 3.44. The van der Waals surface area contributed by atoms with Gasteiger partial charge in [-0.3, -0.25) is 4.79 Å². The number of thioether (sulfide) groups is 1. The van der Waals surface area contributed by atoms with Crippen LogP contribution >= 0.6 is 23.4 Å². The zero-order valence-corrected chi connectivity index (χ0v) is 14.9. The molecule has 0 aliphatic carbocycles. The molecule has 122 valence electrons. The van der Waals surface area contributed by atoms with Crippen molar-refractivity contribution in [2.75, 3.05) is 25.0 Å². The Morgan fingerprint density at radius 2 is 1.83 bits per heavy atom. The smallest absolute Gasteiger partial charge is 0.233 e. The number of rotatable bonds is 7. The third-order valence-corrected chi connectivity index (χ3v) is 4.80. The lowest BCUT2D eigenvalue weighted by atomic mass is 10.3. The van der Waals surface area contributed by atoms with Crippen molar-refractivity contribution in [2.24, 2.45) is 0 Å². The minimum atomic E-state index is -0.141. The number of nitrogens with zero attached hydrogens (tertiary/aromatic N) is 1. The first-order valence-corrected chi connectivity index (χ1v) is 8.78. The molecule has 1 amide bonds. The zero-order valence-electron chi connectivity index (χ0n) is 13.3. The Bertz CT molecular complexity index is 619. The van der Waals surface area contributed by atoms with Crippen molar-refractivity contribution >= 4 is 35.0 Å². The molecule has 0 fully saturated rings. The maximum Gasteiger partial charge on any atom is 0.233 e. The molecular weight excluding hydrogens is 328 g/mol. The molecule has 0 spiro atoms. The molecule has 3 nitrogen and oxygen atoms in total. The van der Waals surface area contributed by atoms with Crippen molar-refractivity contribution in [2.45, 2.75) is 17.1 Å². The van der Waals surface area contributed by atoms with Crippen molar-refractivity contribution in [3.8, 4) is 0 Å². The number of carbonyl (C=O) groups excluding carboxylic acids is 1. The maximum absolute atomic E-state index is 12.2. The van der Waals surface area contributed by atoms with Gasteiger partial charge in [-0.05, 0) is 43.3 Å². The van der Waals surface area contributed by atoms with E-state index >= 15 is 0 Å². The van der Waals surface area contributed by atoms with Gasteiger partial charge in [0.2, 0.25) is 5.91 Å². The van der Waals surface area contributed by atoms with Crippen LogP contribution in [0.3, 0.4) is 0 Å². The standard InChI is InChI=1S/C18H21ClN2OS/c1-14(23-17-10-8-15(19)9-11-17)18(22)20-12-13-21(2)16-6-4-3-5-7-16/h3-11,14H,12-13H2,1-2H3,(H,20,22)/t14-/m0/s1. The van der Waals surface area contributed by atoms with Gasteiger partial charge in [-0.25, -0.2) is 0 Å². The summed E-state index contributed by atoms with van der Waals surface area (Å²) in [4.78, 5) is 15.3. The van der Waals surface area contributed by atoms with Crippen molar-refractivity contribution in [3.05, 3.63) is 59.6 Å². The normalized spacial score (nSPS) is 11.8. The Kier molecular flexibility index (Phi) is 6.81. The van der Waals surface area contributed by atoms with Gasteiger partial charge in [-0.1, -0.05) is 29.8 Å². The van der Waals surface area contributed by atoms with Gasteiger partial charge in [-0.2, -0.15) is 0 Å². The van der Waals surface area contributed by atoms with Crippen LogP contribution in [0.4, 0.5) is 5.69 Å². The van der Waals surface area contributed by atoms with Crippen molar-refractivity contribution < 1.29 is 4.79 Å². The number of carbonyl (C=O) groups is 1. The summed E-state index contributed by atoms with van der Waals surface area (Å²) in [5.41, 5.74) is 1.14. The second-order valence-corrected chi connectivity index (χ2v) is 7.11. The van der Waals surface area contributed by atoms with E-state index in [-0.39, 0.29) is 11.2 Å². The summed E-state index contributed by atoms with van der Waals surface area (Å²) in [5.74, 6) is 0.0476. The number of para-hydroxylation sites is 1. The Balaban J connectivity index is 1.74. The zero-order chi connectivity index (χ0) is 16.7. The Morgan fingerprint density at radius 3 is 2.48 bits per heavy atom. The van der Waals surface area contributed by atoms with Crippen molar-refractivity contribution in [1.29, 1.82) is 0 Å². The number of anilines is 1. The summed E-state index contributed by atoms with van der Waals surface area (Å²) in [6.07, 6.45) is 0. The summed E-state index contributed by atoms with van der Waals surface area (Å²) >= 11 is 7.40. The Labute approximate surface area is 147 Å². The van der Waals surface area contributed by atoms with Crippen molar-refractivity contribution in [1.82, 2.24) is 5.32 Å². The van der Waals surface area contributed by atoms with E-state index in [1.807, 2.05) is 56.4 Å². The number of hydrogen-bond acceptors (Lipinski definition) is 3. The largest absolute Gasteiger partial charge is 0.373 e. The Hall–Kier alpha value is -1.65. The van der Waals surface area contributed by atoms with Crippen LogP contribution in [0.1, 0.15) is 6.92 Å². The van der Waals surface area contributed by atoms with Gasteiger partial charge in [0.25, 0.3) is 0 Å². The van der Waals surface area contributed by atoms with Gasteiger partial charge in [-0.15, -0.1) is 11.8 Å². The minimum absolute atomic E-state index is 0.0476. The third kappa shape index (κ3) is 5.81. The molecule has 0 bridgehead atoms. The molecule has 0 heterocycles. The van der Waals surface area contributed by atoms with Crippen LogP contribution in [-0.2, 0) is 4.79 Å². The van der Waals surface area contributed by atoms with Crippen LogP contribution in [0.15, 0.2) is 59.5 Å². The summed E-state index contributed by atoms with van der Waals surface area (Å²) < 4.78 is 0. The number of halogens is 1. The molecule has 0 aliphatic rings. The number of hydrogen-bond donors (Lipinski definition) is 1. The van der Waals surface area contributed by atoms with E-state index < -0.39 is 0 Å². The topological polar surface area (TPSA) is 32.3 Å². The highest BCUT2D eigenvalue weighted by molar-refractivity contribution is 8.00. The summed E-state index contributed by atoms with van der Waals surface area (Å²) in [6, 6.07) is 17.7. The van der Waals surface area contributed by atoms with Crippen LogP contribution < -0.4 is 10.2 Å². The average Bonchev–Trinajstić information content (AvgIpc) is 2.57. The first-order chi connectivity index (χ1) is 11.1. The molecule has 1 N–H and O–H groups in total. The van der Waals surface area contributed by atoms with Gasteiger partial charge in [0, 0.05) is 35.7 Å². The summed E-state index contributed by atoms with van der Waals surface area (Å²) in [6.45, 7) is 3.30. The lowest BCUT2D eigenvalue weighted by Gasteiger charge is -2.20. The van der Waals surface area contributed by atoms with Crippen LogP contribution in [-0.4, -0.2) is 31.3 Å². The predicted octanol–water partition coefficient (Wildman–Crippen LogP) is 4.07. The SMILES string of the molecule is C[C@H](Sc1ccc(Cl)cc1)C(=O)NCCN(C)c1ccccc1. The summed E-state index contributed by atoms with van der Waals surface area (Å²) in [7, 11) is 2.02. The van der Waals surface area contributed by atoms with Crippen molar-refractivity contribution in [3.63, 3.8) is 0 Å². The monoisotopic (exact) mass is 348 g/mol. The van der Waals surface area contributed by atoms with Crippen LogP contribution in [0.5, 0.6) is 0 Å². The highest BCUT2D eigenvalue weighted by atomic mass is 35.5. The molecule has 23 heavy (non-hydrogen) atoms. The van der Waals surface area contributed by atoms with Crippen LogP contribution in [0.25, 0.3) is 0 Å². The van der Waals surface area contributed by atoms with E-state index in [0.717, 1.165) is 17.1 Å². The minimum Gasteiger partial charge on any atom is -0.373 e. The molecule has 1 atom stereocenters.